The number of nitrogens with one attached hydrogen (secondary N) is 1. The van der Waals surface area contributed by atoms with Crippen LogP contribution in [0, 0.1) is 5.82 Å². The number of hydrogen-bond acceptors (Lipinski definition) is 3. The average molecular weight is 363 g/mol. The molecule has 1 aliphatic heterocycles. The molecule has 1 fully saturated rings. The summed E-state index contributed by atoms with van der Waals surface area (Å²) in [4.78, 5) is 14.2. The Bertz CT molecular complexity index is 724. The lowest BCUT2D eigenvalue weighted by molar-refractivity contribution is -0.124. The zero-order chi connectivity index (χ0) is 17.6. The molecule has 0 spiro atoms. The fourth-order valence-corrected chi connectivity index (χ4v) is 3.04. The molecule has 1 aliphatic rings. The van der Waals surface area contributed by atoms with Crippen molar-refractivity contribution < 1.29 is 13.9 Å². The minimum absolute atomic E-state index is 0.0419. The van der Waals surface area contributed by atoms with Gasteiger partial charge in [-0.3, -0.25) is 9.69 Å². The van der Waals surface area contributed by atoms with E-state index in [1.807, 2.05) is 23.1 Å². The summed E-state index contributed by atoms with van der Waals surface area (Å²) in [5, 5.41) is 3.56. The molecule has 2 aromatic rings. The first kappa shape index (κ1) is 17.9. The van der Waals surface area contributed by atoms with E-state index in [1.54, 1.807) is 18.2 Å². The van der Waals surface area contributed by atoms with Gasteiger partial charge in [0.25, 0.3) is 0 Å². The molecule has 2 aromatic carbocycles. The molecule has 3 rings (SSSR count). The van der Waals surface area contributed by atoms with Crippen LogP contribution in [0.15, 0.2) is 48.5 Å². The van der Waals surface area contributed by atoms with Crippen LogP contribution in [0.3, 0.4) is 0 Å². The van der Waals surface area contributed by atoms with E-state index in [1.165, 1.54) is 12.1 Å². The van der Waals surface area contributed by atoms with Crippen LogP contribution in [0.2, 0.25) is 5.02 Å². The third kappa shape index (κ3) is 5.26. The molecule has 6 heteroatoms. The van der Waals surface area contributed by atoms with Gasteiger partial charge in [0.2, 0.25) is 5.91 Å². The van der Waals surface area contributed by atoms with Crippen molar-refractivity contribution in [3.63, 3.8) is 0 Å². The standard InChI is InChI=1S/C19H20ClFN2O2/c20-16-3-1-2-14(10-16)11-22-19(24)13-23-8-9-25-18(12-23)15-4-6-17(21)7-5-15/h1-7,10,18H,8-9,11-13H2,(H,22,24). The normalized spacial score (nSPS) is 18.1. The van der Waals surface area contributed by atoms with Crippen molar-refractivity contribution in [3.8, 4) is 0 Å². The van der Waals surface area contributed by atoms with Gasteiger partial charge in [-0.1, -0.05) is 35.9 Å². The molecule has 1 atom stereocenters. The van der Waals surface area contributed by atoms with E-state index >= 15 is 0 Å². The highest BCUT2D eigenvalue weighted by atomic mass is 35.5. The van der Waals surface area contributed by atoms with Crippen LogP contribution >= 0.6 is 11.6 Å². The quantitative estimate of drug-likeness (QED) is 0.888. The lowest BCUT2D eigenvalue weighted by Crippen LogP contribution is -2.44. The van der Waals surface area contributed by atoms with Crippen LogP contribution < -0.4 is 5.32 Å². The Morgan fingerprint density at radius 2 is 2.08 bits per heavy atom. The fourth-order valence-electron chi connectivity index (χ4n) is 2.83. The molecule has 132 valence electrons. The van der Waals surface area contributed by atoms with E-state index in [0.717, 1.165) is 11.1 Å². The molecule has 1 amide bonds. The number of amides is 1. The van der Waals surface area contributed by atoms with E-state index in [2.05, 4.69) is 5.32 Å². The summed E-state index contributed by atoms with van der Waals surface area (Å²) in [6.45, 7) is 2.61. The highest BCUT2D eigenvalue weighted by Gasteiger charge is 2.23. The summed E-state index contributed by atoms with van der Waals surface area (Å²) >= 11 is 5.94. The lowest BCUT2D eigenvalue weighted by atomic mass is 10.1. The lowest BCUT2D eigenvalue weighted by Gasteiger charge is -2.32. The van der Waals surface area contributed by atoms with Crippen molar-refractivity contribution in [2.24, 2.45) is 0 Å². The van der Waals surface area contributed by atoms with Gasteiger partial charge in [0.15, 0.2) is 0 Å². The van der Waals surface area contributed by atoms with Gasteiger partial charge in [0.05, 0.1) is 19.3 Å². The van der Waals surface area contributed by atoms with Crippen molar-refractivity contribution in [1.82, 2.24) is 10.2 Å². The van der Waals surface area contributed by atoms with Gasteiger partial charge in [0.1, 0.15) is 5.82 Å². The molecular weight excluding hydrogens is 343 g/mol. The van der Waals surface area contributed by atoms with Gasteiger partial charge in [-0.25, -0.2) is 4.39 Å². The summed E-state index contributed by atoms with van der Waals surface area (Å²) in [7, 11) is 0. The second-order valence-electron chi connectivity index (χ2n) is 6.05. The minimum atomic E-state index is -0.267. The first-order chi connectivity index (χ1) is 12.1. The smallest absolute Gasteiger partial charge is 0.234 e. The number of benzene rings is 2. The highest BCUT2D eigenvalue weighted by molar-refractivity contribution is 6.30. The first-order valence-corrected chi connectivity index (χ1v) is 8.58. The maximum Gasteiger partial charge on any atom is 0.234 e. The number of nitrogens with zero attached hydrogens (tertiary/aromatic N) is 1. The van der Waals surface area contributed by atoms with E-state index in [9.17, 15) is 9.18 Å². The molecule has 0 radical (unpaired) electrons. The highest BCUT2D eigenvalue weighted by Crippen LogP contribution is 2.22. The van der Waals surface area contributed by atoms with Crippen LogP contribution in [-0.4, -0.2) is 37.0 Å². The molecule has 4 nitrogen and oxygen atoms in total. The molecule has 0 aromatic heterocycles. The van der Waals surface area contributed by atoms with E-state index in [0.29, 0.717) is 37.8 Å². The summed E-state index contributed by atoms with van der Waals surface area (Å²) < 4.78 is 18.8. The van der Waals surface area contributed by atoms with Crippen LogP contribution in [0.1, 0.15) is 17.2 Å². The number of rotatable bonds is 5. The molecule has 1 N–H and O–H groups in total. The Morgan fingerprint density at radius 1 is 1.28 bits per heavy atom. The largest absolute Gasteiger partial charge is 0.371 e. The molecule has 25 heavy (non-hydrogen) atoms. The minimum Gasteiger partial charge on any atom is -0.371 e. The molecule has 0 saturated carbocycles. The topological polar surface area (TPSA) is 41.6 Å². The van der Waals surface area contributed by atoms with Gasteiger partial charge in [-0.15, -0.1) is 0 Å². The zero-order valence-corrected chi connectivity index (χ0v) is 14.5. The van der Waals surface area contributed by atoms with Crippen LogP contribution in [0.4, 0.5) is 4.39 Å². The maximum atomic E-state index is 13.0. The van der Waals surface area contributed by atoms with Crippen molar-refractivity contribution in [1.29, 1.82) is 0 Å². The Kier molecular flexibility index (Phi) is 6.02. The average Bonchev–Trinajstić information content (AvgIpc) is 2.61. The predicted molar refractivity (Wildman–Crippen MR) is 94.8 cm³/mol. The summed E-state index contributed by atoms with van der Waals surface area (Å²) in [5.74, 6) is -0.309. The van der Waals surface area contributed by atoms with Crippen LogP contribution in [0.25, 0.3) is 0 Å². The van der Waals surface area contributed by atoms with Crippen molar-refractivity contribution in [3.05, 3.63) is 70.5 Å². The second-order valence-corrected chi connectivity index (χ2v) is 6.49. The summed E-state index contributed by atoms with van der Waals surface area (Å²) in [6, 6.07) is 13.7. The van der Waals surface area contributed by atoms with Gasteiger partial charge < -0.3 is 10.1 Å². The first-order valence-electron chi connectivity index (χ1n) is 8.21. The third-order valence-corrected chi connectivity index (χ3v) is 4.37. The zero-order valence-electron chi connectivity index (χ0n) is 13.8. The predicted octanol–water partition coefficient (Wildman–Crippen LogP) is 3.17. The Balaban J connectivity index is 1.50. The molecule has 0 bridgehead atoms. The molecular formula is C19H20ClFN2O2. The number of morpholine rings is 1. The molecule has 1 unspecified atom stereocenters. The number of carbonyl (C=O) groups excluding carboxylic acids is 1. The summed E-state index contributed by atoms with van der Waals surface area (Å²) in [5.41, 5.74) is 1.89. The van der Waals surface area contributed by atoms with Crippen LogP contribution in [0.5, 0.6) is 0 Å². The van der Waals surface area contributed by atoms with Gasteiger partial charge in [0, 0.05) is 24.7 Å². The SMILES string of the molecule is O=C(CN1CCOC(c2ccc(F)cc2)C1)NCc1cccc(Cl)c1. The van der Waals surface area contributed by atoms with E-state index in [4.69, 9.17) is 16.3 Å². The Morgan fingerprint density at radius 3 is 2.84 bits per heavy atom. The Labute approximate surface area is 151 Å². The van der Waals surface area contributed by atoms with E-state index < -0.39 is 0 Å². The molecule has 1 heterocycles. The molecule has 1 saturated heterocycles. The number of hydrogen-bond donors (Lipinski definition) is 1. The third-order valence-electron chi connectivity index (χ3n) is 4.14. The van der Waals surface area contributed by atoms with Crippen molar-refractivity contribution in [2.75, 3.05) is 26.2 Å². The van der Waals surface area contributed by atoms with Gasteiger partial charge in [-0.2, -0.15) is 0 Å². The van der Waals surface area contributed by atoms with Crippen LogP contribution in [-0.2, 0) is 16.1 Å². The number of ether oxygens (including phenoxy) is 1. The summed E-state index contributed by atoms with van der Waals surface area (Å²) in [6.07, 6.45) is -0.143. The van der Waals surface area contributed by atoms with Gasteiger partial charge in [-0.05, 0) is 35.4 Å². The number of halogens is 2. The van der Waals surface area contributed by atoms with E-state index in [-0.39, 0.29) is 17.8 Å². The maximum absolute atomic E-state index is 13.0. The number of carbonyl (C=O) groups is 1. The van der Waals surface area contributed by atoms with Gasteiger partial charge >= 0.3 is 0 Å². The monoisotopic (exact) mass is 362 g/mol. The Hall–Kier alpha value is -1.95. The van der Waals surface area contributed by atoms with Crippen molar-refractivity contribution >= 4 is 17.5 Å². The second kappa shape index (κ2) is 8.43. The fraction of sp³-hybridized carbons (Fsp3) is 0.316. The van der Waals surface area contributed by atoms with Crippen molar-refractivity contribution in [2.45, 2.75) is 12.6 Å². The molecule has 0 aliphatic carbocycles.